The van der Waals surface area contributed by atoms with Crippen LogP contribution < -0.4 is 5.73 Å². The molecule has 0 saturated carbocycles. The maximum atomic E-state index is 5.78. The maximum Gasteiger partial charge on any atom is 0.0348 e. The Balaban J connectivity index is 2.34. The van der Waals surface area contributed by atoms with Crippen molar-refractivity contribution in [3.8, 4) is 0 Å². The average Bonchev–Trinajstić information content (AvgIpc) is 2.67. The monoisotopic (exact) mass is 259 g/mol. The van der Waals surface area contributed by atoms with Crippen molar-refractivity contribution in [2.75, 3.05) is 0 Å². The highest BCUT2D eigenvalue weighted by atomic mass is 32.1. The van der Waals surface area contributed by atoms with E-state index in [1.54, 1.807) is 0 Å². The molecule has 1 nitrogen and oxygen atoms in total. The van der Waals surface area contributed by atoms with Crippen LogP contribution in [0, 0.1) is 0 Å². The lowest BCUT2D eigenvalue weighted by molar-refractivity contribution is 0.718. The third-order valence-corrected chi connectivity index (χ3v) is 4.41. The van der Waals surface area contributed by atoms with E-state index in [9.17, 15) is 0 Å². The number of fused-ring (bicyclic) bond motifs is 1. The van der Waals surface area contributed by atoms with E-state index in [0.717, 1.165) is 12.1 Å². The molecule has 0 aliphatic rings. The molecule has 0 unspecified atom stereocenters. The number of hydrogen-bond acceptors (Lipinski definition) is 2. The van der Waals surface area contributed by atoms with Crippen LogP contribution in [0.15, 0.2) is 36.5 Å². The van der Waals surface area contributed by atoms with Gasteiger partial charge in [-0.05, 0) is 29.9 Å². The summed E-state index contributed by atoms with van der Waals surface area (Å²) in [6.07, 6.45) is 5.82. The van der Waals surface area contributed by atoms with Gasteiger partial charge in [0.1, 0.15) is 0 Å². The van der Waals surface area contributed by atoms with Crippen LogP contribution in [0.3, 0.4) is 0 Å². The van der Waals surface area contributed by atoms with Gasteiger partial charge in [-0.1, -0.05) is 44.5 Å². The molecule has 2 aromatic rings. The molecular weight excluding hydrogens is 238 g/mol. The van der Waals surface area contributed by atoms with Crippen LogP contribution in [0.25, 0.3) is 10.1 Å². The SMILES string of the molecule is C=C(N)Cc1sc2ccccc2c1CCCCC. The fourth-order valence-corrected chi connectivity index (χ4v) is 3.63. The zero-order chi connectivity index (χ0) is 13.0. The molecule has 1 heterocycles. The van der Waals surface area contributed by atoms with Crippen molar-refractivity contribution in [3.63, 3.8) is 0 Å². The molecule has 2 heteroatoms. The molecule has 18 heavy (non-hydrogen) atoms. The van der Waals surface area contributed by atoms with Crippen molar-refractivity contribution < 1.29 is 0 Å². The lowest BCUT2D eigenvalue weighted by Crippen LogP contribution is -1.99. The van der Waals surface area contributed by atoms with Crippen molar-refractivity contribution >= 4 is 21.4 Å². The largest absolute Gasteiger partial charge is 0.402 e. The zero-order valence-electron chi connectivity index (χ0n) is 11.0. The molecule has 0 radical (unpaired) electrons. The lowest BCUT2D eigenvalue weighted by atomic mass is 10.0. The fourth-order valence-electron chi connectivity index (χ4n) is 2.32. The molecular formula is C16H21NS. The summed E-state index contributed by atoms with van der Waals surface area (Å²) in [5, 5.41) is 1.41. The number of rotatable bonds is 6. The second-order valence-electron chi connectivity index (χ2n) is 4.79. The van der Waals surface area contributed by atoms with Crippen LogP contribution in [0.2, 0.25) is 0 Å². The lowest BCUT2D eigenvalue weighted by Gasteiger charge is -2.04. The van der Waals surface area contributed by atoms with E-state index in [1.807, 2.05) is 11.3 Å². The van der Waals surface area contributed by atoms with Crippen molar-refractivity contribution in [2.24, 2.45) is 5.73 Å². The molecule has 0 atom stereocenters. The third-order valence-electron chi connectivity index (χ3n) is 3.20. The minimum atomic E-state index is 0.762. The Morgan fingerprint density at radius 1 is 1.28 bits per heavy atom. The minimum absolute atomic E-state index is 0.762. The Hall–Kier alpha value is -1.28. The van der Waals surface area contributed by atoms with Gasteiger partial charge in [0.2, 0.25) is 0 Å². The van der Waals surface area contributed by atoms with E-state index in [-0.39, 0.29) is 0 Å². The molecule has 0 fully saturated rings. The second-order valence-corrected chi connectivity index (χ2v) is 5.93. The van der Waals surface area contributed by atoms with Gasteiger partial charge in [0, 0.05) is 21.7 Å². The predicted molar refractivity (Wildman–Crippen MR) is 82.1 cm³/mol. The predicted octanol–water partition coefficient (Wildman–Crippen LogP) is 4.65. The Kier molecular flexibility index (Phi) is 4.43. The summed E-state index contributed by atoms with van der Waals surface area (Å²) < 4.78 is 1.38. The Bertz CT molecular complexity index is 539. The van der Waals surface area contributed by atoms with Crippen molar-refractivity contribution in [1.29, 1.82) is 0 Å². The van der Waals surface area contributed by atoms with Crippen LogP contribution in [-0.2, 0) is 12.8 Å². The van der Waals surface area contributed by atoms with Gasteiger partial charge in [0.15, 0.2) is 0 Å². The Morgan fingerprint density at radius 2 is 2.06 bits per heavy atom. The average molecular weight is 259 g/mol. The summed E-state index contributed by atoms with van der Waals surface area (Å²) in [6, 6.07) is 8.66. The molecule has 0 saturated heterocycles. The minimum Gasteiger partial charge on any atom is -0.402 e. The van der Waals surface area contributed by atoms with Gasteiger partial charge in [-0.2, -0.15) is 0 Å². The first-order valence-electron chi connectivity index (χ1n) is 6.65. The Morgan fingerprint density at radius 3 is 2.78 bits per heavy atom. The number of allylic oxidation sites excluding steroid dienone is 1. The molecule has 0 aliphatic heterocycles. The van der Waals surface area contributed by atoms with Gasteiger partial charge in [-0.3, -0.25) is 0 Å². The topological polar surface area (TPSA) is 26.0 Å². The summed E-state index contributed by atoms with van der Waals surface area (Å²) in [6.45, 7) is 6.09. The summed E-state index contributed by atoms with van der Waals surface area (Å²) >= 11 is 1.87. The van der Waals surface area contributed by atoms with E-state index >= 15 is 0 Å². The van der Waals surface area contributed by atoms with Gasteiger partial charge in [-0.15, -0.1) is 11.3 Å². The van der Waals surface area contributed by atoms with Gasteiger partial charge < -0.3 is 5.73 Å². The van der Waals surface area contributed by atoms with E-state index < -0.39 is 0 Å². The van der Waals surface area contributed by atoms with E-state index in [4.69, 9.17) is 5.73 Å². The number of nitrogens with two attached hydrogens (primary N) is 1. The normalized spacial score (nSPS) is 10.9. The number of thiophene rings is 1. The van der Waals surface area contributed by atoms with E-state index in [1.165, 1.54) is 46.2 Å². The summed E-state index contributed by atoms with van der Waals surface area (Å²) in [5.74, 6) is 0. The molecule has 0 bridgehead atoms. The molecule has 2 rings (SSSR count). The van der Waals surface area contributed by atoms with Crippen molar-refractivity contribution in [1.82, 2.24) is 0 Å². The molecule has 1 aromatic carbocycles. The molecule has 1 aromatic heterocycles. The van der Waals surface area contributed by atoms with Gasteiger partial charge in [0.05, 0.1) is 0 Å². The molecule has 0 spiro atoms. The quantitative estimate of drug-likeness (QED) is 0.751. The summed E-state index contributed by atoms with van der Waals surface area (Å²) in [4.78, 5) is 1.40. The highest BCUT2D eigenvalue weighted by Gasteiger charge is 2.11. The fraction of sp³-hybridized carbons (Fsp3) is 0.375. The van der Waals surface area contributed by atoms with Gasteiger partial charge in [-0.25, -0.2) is 0 Å². The number of aryl methyl sites for hydroxylation is 1. The highest BCUT2D eigenvalue weighted by Crippen LogP contribution is 2.33. The van der Waals surface area contributed by atoms with Crippen LogP contribution in [0.5, 0.6) is 0 Å². The first-order valence-corrected chi connectivity index (χ1v) is 7.46. The van der Waals surface area contributed by atoms with E-state index in [2.05, 4.69) is 37.8 Å². The summed E-state index contributed by atoms with van der Waals surface area (Å²) in [5.41, 5.74) is 8.04. The van der Waals surface area contributed by atoms with Crippen LogP contribution >= 0.6 is 11.3 Å². The first kappa shape index (κ1) is 13.2. The standard InChI is InChI=1S/C16H21NS/c1-3-4-5-8-14-13-9-6-7-10-15(13)18-16(14)11-12(2)17/h6-7,9-10H,2-5,8,11,17H2,1H3. The number of hydrogen-bond donors (Lipinski definition) is 1. The zero-order valence-corrected chi connectivity index (χ0v) is 11.9. The highest BCUT2D eigenvalue weighted by molar-refractivity contribution is 7.19. The van der Waals surface area contributed by atoms with Gasteiger partial charge in [0.25, 0.3) is 0 Å². The van der Waals surface area contributed by atoms with Crippen LogP contribution in [0.4, 0.5) is 0 Å². The smallest absolute Gasteiger partial charge is 0.0348 e. The molecule has 2 N–H and O–H groups in total. The van der Waals surface area contributed by atoms with Gasteiger partial charge >= 0.3 is 0 Å². The maximum absolute atomic E-state index is 5.78. The van der Waals surface area contributed by atoms with Crippen LogP contribution in [-0.4, -0.2) is 0 Å². The van der Waals surface area contributed by atoms with Crippen molar-refractivity contribution in [2.45, 2.75) is 39.0 Å². The summed E-state index contributed by atoms with van der Waals surface area (Å²) in [7, 11) is 0. The molecule has 0 amide bonds. The van der Waals surface area contributed by atoms with E-state index in [0.29, 0.717) is 0 Å². The molecule has 0 aliphatic carbocycles. The third kappa shape index (κ3) is 2.94. The second kappa shape index (κ2) is 6.05. The van der Waals surface area contributed by atoms with Crippen molar-refractivity contribution in [3.05, 3.63) is 47.0 Å². The first-order chi connectivity index (χ1) is 8.72. The number of benzene rings is 1. The Labute approximate surface area is 113 Å². The number of unbranched alkanes of at least 4 members (excludes halogenated alkanes) is 2. The van der Waals surface area contributed by atoms with Crippen LogP contribution in [0.1, 0.15) is 36.6 Å². The molecule has 96 valence electrons.